The van der Waals surface area contributed by atoms with Crippen molar-refractivity contribution in [2.24, 2.45) is 11.1 Å². The molecule has 0 spiro atoms. The van der Waals surface area contributed by atoms with E-state index < -0.39 is 12.8 Å². The van der Waals surface area contributed by atoms with Crippen LogP contribution < -0.4 is 0 Å². The van der Waals surface area contributed by atoms with Crippen molar-refractivity contribution < 1.29 is 18.7 Å². The summed E-state index contributed by atoms with van der Waals surface area (Å²) < 4.78 is 24.1. The second-order valence-corrected chi connectivity index (χ2v) is 5.16. The Hall–Kier alpha value is -1.46. The molecule has 1 aromatic carbocycles. The van der Waals surface area contributed by atoms with Crippen molar-refractivity contribution in [3.8, 4) is 0 Å². The van der Waals surface area contributed by atoms with Gasteiger partial charge in [0, 0.05) is 5.92 Å². The van der Waals surface area contributed by atoms with Gasteiger partial charge in [0.25, 0.3) is 0 Å². The third kappa shape index (κ3) is 5.87. The Morgan fingerprint density at radius 3 is 2.54 bits per heavy atom. The van der Waals surface area contributed by atoms with Gasteiger partial charge in [0.2, 0.25) is 0 Å². The van der Waals surface area contributed by atoms with Crippen LogP contribution >= 0.6 is 0 Å². The third-order valence-electron chi connectivity index (χ3n) is 3.73. The largest absolute Gasteiger partial charge is 0.389 e. The van der Waals surface area contributed by atoms with Crippen LogP contribution in [0.1, 0.15) is 39.7 Å². The average Bonchev–Trinajstić information content (AvgIpc) is 3.08. The highest BCUT2D eigenvalue weighted by Crippen LogP contribution is 2.29. The Morgan fingerprint density at radius 1 is 1.17 bits per heavy atom. The highest BCUT2D eigenvalue weighted by molar-refractivity contribution is 5.89. The first-order valence-corrected chi connectivity index (χ1v) is 8.88. The summed E-state index contributed by atoms with van der Waals surface area (Å²) in [6, 6.07) is 10.00. The summed E-state index contributed by atoms with van der Waals surface area (Å²) in [4.78, 5) is 5.06. The number of alkyl halides is 1. The van der Waals surface area contributed by atoms with Gasteiger partial charge in [-0.1, -0.05) is 63.2 Å². The number of benzene rings is 1. The van der Waals surface area contributed by atoms with Crippen molar-refractivity contribution in [1.29, 1.82) is 0 Å². The molecule has 4 nitrogen and oxygen atoms in total. The Kier molecular flexibility index (Phi) is 10.3. The highest BCUT2D eigenvalue weighted by atomic mass is 19.1. The van der Waals surface area contributed by atoms with Crippen molar-refractivity contribution in [2.45, 2.75) is 52.9 Å². The van der Waals surface area contributed by atoms with Gasteiger partial charge in [0.1, 0.15) is 6.67 Å². The Labute approximate surface area is 145 Å². The van der Waals surface area contributed by atoms with Crippen LogP contribution in [-0.2, 0) is 20.9 Å². The SMILES string of the molecule is CC.CC.FCC1ON=C2CO[C@@H](COCc3ccccc3)CC21. The lowest BCUT2D eigenvalue weighted by atomic mass is 9.90. The molecule has 0 N–H and O–H groups in total. The van der Waals surface area contributed by atoms with E-state index in [1.807, 2.05) is 58.0 Å². The maximum atomic E-state index is 12.8. The molecule has 3 rings (SSSR count). The molecule has 1 aromatic rings. The molecule has 0 aliphatic carbocycles. The second-order valence-electron chi connectivity index (χ2n) is 5.16. The van der Waals surface area contributed by atoms with Gasteiger partial charge in [-0.3, -0.25) is 0 Å². The molecule has 2 aliphatic rings. The molecule has 0 aromatic heterocycles. The lowest BCUT2D eigenvalue weighted by Gasteiger charge is -2.28. The molecule has 0 bridgehead atoms. The van der Waals surface area contributed by atoms with E-state index in [1.54, 1.807) is 0 Å². The van der Waals surface area contributed by atoms with Gasteiger partial charge in [-0.2, -0.15) is 0 Å². The predicted molar refractivity (Wildman–Crippen MR) is 94.9 cm³/mol. The lowest BCUT2D eigenvalue weighted by molar-refractivity contribution is -0.0379. The van der Waals surface area contributed by atoms with Crippen LogP contribution in [0.3, 0.4) is 0 Å². The van der Waals surface area contributed by atoms with Gasteiger partial charge < -0.3 is 14.3 Å². The first-order valence-electron chi connectivity index (χ1n) is 8.88. The normalized spacial score (nSPS) is 24.4. The number of hydrogen-bond acceptors (Lipinski definition) is 4. The average molecular weight is 339 g/mol. The molecule has 2 unspecified atom stereocenters. The van der Waals surface area contributed by atoms with Crippen molar-refractivity contribution in [2.75, 3.05) is 19.9 Å². The van der Waals surface area contributed by atoms with E-state index in [0.717, 1.165) is 11.3 Å². The first kappa shape index (κ1) is 20.6. The summed E-state index contributed by atoms with van der Waals surface area (Å²) in [6.45, 7) is 8.99. The number of fused-ring (bicyclic) bond motifs is 1. The number of nitrogens with zero attached hydrogens (tertiary/aromatic N) is 1. The second kappa shape index (κ2) is 12.0. The monoisotopic (exact) mass is 339 g/mol. The standard InChI is InChI=1S/C15H18FNO3.2C2H6/c16-7-15-13-6-12(19-10-14(13)17-20-15)9-18-8-11-4-2-1-3-5-11;2*1-2/h1-5,12-13,15H,6-10H2;2*1-2H3/t12-,13?,15?;;/m1../s1. The fraction of sp³-hybridized carbons (Fsp3) is 0.632. The molecule has 1 saturated heterocycles. The van der Waals surface area contributed by atoms with Crippen LogP contribution in [0.5, 0.6) is 0 Å². The summed E-state index contributed by atoms with van der Waals surface area (Å²) in [5, 5.41) is 3.88. The molecule has 2 heterocycles. The van der Waals surface area contributed by atoms with E-state index in [0.29, 0.717) is 26.2 Å². The summed E-state index contributed by atoms with van der Waals surface area (Å²) >= 11 is 0. The van der Waals surface area contributed by atoms with E-state index >= 15 is 0 Å². The minimum absolute atomic E-state index is 0.0154. The van der Waals surface area contributed by atoms with Crippen molar-refractivity contribution >= 4 is 5.71 Å². The van der Waals surface area contributed by atoms with Crippen molar-refractivity contribution in [1.82, 2.24) is 0 Å². The number of rotatable bonds is 5. The molecule has 136 valence electrons. The van der Waals surface area contributed by atoms with Gasteiger partial charge in [-0.25, -0.2) is 4.39 Å². The number of ether oxygens (including phenoxy) is 2. The Balaban J connectivity index is 0.000000671. The van der Waals surface area contributed by atoms with Crippen LogP contribution in [0.25, 0.3) is 0 Å². The molecule has 0 amide bonds. The van der Waals surface area contributed by atoms with Crippen molar-refractivity contribution in [3.63, 3.8) is 0 Å². The van der Waals surface area contributed by atoms with Crippen LogP contribution in [-0.4, -0.2) is 37.8 Å². The molecule has 0 saturated carbocycles. The van der Waals surface area contributed by atoms with Gasteiger partial charge in [0.15, 0.2) is 6.10 Å². The van der Waals surface area contributed by atoms with E-state index in [9.17, 15) is 4.39 Å². The number of halogens is 1. The summed E-state index contributed by atoms with van der Waals surface area (Å²) in [5.74, 6) is 0.0408. The fourth-order valence-corrected chi connectivity index (χ4v) is 2.60. The molecule has 3 atom stereocenters. The Morgan fingerprint density at radius 2 is 1.88 bits per heavy atom. The molecule has 24 heavy (non-hydrogen) atoms. The molecular formula is C19H30FNO3. The summed E-state index contributed by atoms with van der Waals surface area (Å²) in [5.41, 5.74) is 1.96. The topological polar surface area (TPSA) is 40.0 Å². The van der Waals surface area contributed by atoms with E-state index in [-0.39, 0.29) is 12.0 Å². The van der Waals surface area contributed by atoms with Crippen LogP contribution in [0.4, 0.5) is 4.39 Å². The van der Waals surface area contributed by atoms with Gasteiger partial charge >= 0.3 is 0 Å². The maximum absolute atomic E-state index is 12.8. The van der Waals surface area contributed by atoms with Gasteiger partial charge in [-0.15, -0.1) is 0 Å². The number of oxime groups is 1. The van der Waals surface area contributed by atoms with E-state index in [2.05, 4.69) is 5.16 Å². The third-order valence-corrected chi connectivity index (χ3v) is 3.73. The summed E-state index contributed by atoms with van der Waals surface area (Å²) in [7, 11) is 0. The molecule has 0 radical (unpaired) electrons. The zero-order chi connectivity index (χ0) is 17.8. The van der Waals surface area contributed by atoms with Crippen LogP contribution in [0.2, 0.25) is 0 Å². The number of hydrogen-bond donors (Lipinski definition) is 0. The van der Waals surface area contributed by atoms with Crippen LogP contribution in [0.15, 0.2) is 35.5 Å². The molecule has 2 aliphatic heterocycles. The van der Waals surface area contributed by atoms with Crippen LogP contribution in [0, 0.1) is 5.92 Å². The zero-order valence-electron chi connectivity index (χ0n) is 15.2. The minimum Gasteiger partial charge on any atom is -0.389 e. The maximum Gasteiger partial charge on any atom is 0.164 e. The highest BCUT2D eigenvalue weighted by Gasteiger charge is 2.39. The predicted octanol–water partition coefficient (Wildman–Crippen LogP) is 4.39. The fourth-order valence-electron chi connectivity index (χ4n) is 2.60. The van der Waals surface area contributed by atoms with E-state index in [1.165, 1.54) is 0 Å². The van der Waals surface area contributed by atoms with E-state index in [4.69, 9.17) is 14.3 Å². The first-order chi connectivity index (χ1) is 11.9. The minimum atomic E-state index is -0.505. The zero-order valence-corrected chi connectivity index (χ0v) is 15.2. The molecule has 1 fully saturated rings. The van der Waals surface area contributed by atoms with Gasteiger partial charge in [0.05, 0.1) is 31.6 Å². The summed E-state index contributed by atoms with van der Waals surface area (Å²) in [6.07, 6.45) is 0.256. The molecular weight excluding hydrogens is 309 g/mol. The quantitative estimate of drug-likeness (QED) is 0.799. The lowest BCUT2D eigenvalue weighted by Crippen LogP contribution is -2.39. The van der Waals surface area contributed by atoms with Gasteiger partial charge in [-0.05, 0) is 12.0 Å². The molecule has 5 heteroatoms. The van der Waals surface area contributed by atoms with Crippen molar-refractivity contribution in [3.05, 3.63) is 35.9 Å². The smallest absolute Gasteiger partial charge is 0.164 e. The Bertz CT molecular complexity index is 467.